The highest BCUT2D eigenvalue weighted by atomic mass is 35.5. The minimum absolute atomic E-state index is 0.0537. The molecule has 0 fully saturated rings. The summed E-state index contributed by atoms with van der Waals surface area (Å²) in [5.41, 5.74) is -1.46. The number of Topliss-reactive ketones (excluding diaryl/α,β-unsaturated/α-hetero) is 1. The van der Waals surface area contributed by atoms with Gasteiger partial charge in [-0.15, -0.1) is 0 Å². The third-order valence-corrected chi connectivity index (χ3v) is 7.41. The predicted molar refractivity (Wildman–Crippen MR) is 139 cm³/mol. The molecule has 2 aromatic rings. The molecule has 1 aliphatic heterocycles. The van der Waals surface area contributed by atoms with Crippen LogP contribution >= 0.6 is 11.6 Å². The first-order valence-corrected chi connectivity index (χ1v) is 12.6. The average molecular weight is 546 g/mol. The average Bonchev–Trinajstić information content (AvgIpc) is 3.33. The summed E-state index contributed by atoms with van der Waals surface area (Å²) in [6.07, 6.45) is 4.01. The number of halogens is 3. The second kappa shape index (κ2) is 10.9. The number of hydrogen-bond donors (Lipinski definition) is 2. The second-order valence-electron chi connectivity index (χ2n) is 10.5. The quantitative estimate of drug-likeness (QED) is 0.472. The van der Waals surface area contributed by atoms with Crippen molar-refractivity contribution in [1.29, 1.82) is 0 Å². The van der Waals surface area contributed by atoms with Crippen LogP contribution in [0.25, 0.3) is 0 Å². The molecule has 0 saturated heterocycles. The number of hydrogen-bond acceptors (Lipinski definition) is 5. The molecule has 1 heterocycles. The van der Waals surface area contributed by atoms with Gasteiger partial charge in [0.05, 0.1) is 31.3 Å². The van der Waals surface area contributed by atoms with Gasteiger partial charge < -0.3 is 19.9 Å². The summed E-state index contributed by atoms with van der Waals surface area (Å²) in [6.45, 7) is 3.76. The molecule has 3 unspecified atom stereocenters. The van der Waals surface area contributed by atoms with E-state index in [0.717, 1.165) is 5.57 Å². The van der Waals surface area contributed by atoms with Crippen LogP contribution < -0.4 is 10.1 Å². The molecule has 3 atom stereocenters. The van der Waals surface area contributed by atoms with E-state index in [2.05, 4.69) is 5.32 Å². The lowest BCUT2D eigenvalue weighted by Crippen LogP contribution is -2.48. The Bertz CT molecular complexity index is 1290. The molecule has 0 saturated carbocycles. The van der Waals surface area contributed by atoms with Crippen molar-refractivity contribution in [2.75, 3.05) is 13.7 Å². The maximum absolute atomic E-state index is 14.8. The van der Waals surface area contributed by atoms with Crippen LogP contribution in [0.4, 0.5) is 8.78 Å². The van der Waals surface area contributed by atoms with Crippen LogP contribution in [0.15, 0.2) is 60.4 Å². The zero-order chi connectivity index (χ0) is 27.7. The van der Waals surface area contributed by atoms with E-state index >= 15 is 0 Å². The van der Waals surface area contributed by atoms with Crippen molar-refractivity contribution in [3.05, 3.63) is 88.2 Å². The van der Waals surface area contributed by atoms with E-state index in [1.54, 1.807) is 26.0 Å². The topological polar surface area (TPSA) is 84.9 Å². The van der Waals surface area contributed by atoms with Gasteiger partial charge in [-0.25, -0.2) is 8.78 Å². The fourth-order valence-corrected chi connectivity index (χ4v) is 5.56. The van der Waals surface area contributed by atoms with Crippen molar-refractivity contribution >= 4 is 23.3 Å². The molecule has 0 aromatic heterocycles. The molecule has 0 radical (unpaired) electrons. The molecule has 9 heteroatoms. The lowest BCUT2D eigenvalue weighted by molar-refractivity contribution is -0.132. The molecule has 1 amide bonds. The maximum atomic E-state index is 14.8. The number of nitrogens with one attached hydrogen (secondary N) is 1. The van der Waals surface area contributed by atoms with E-state index in [0.29, 0.717) is 11.3 Å². The van der Waals surface area contributed by atoms with Gasteiger partial charge in [0.2, 0.25) is 5.91 Å². The first-order chi connectivity index (χ1) is 17.9. The van der Waals surface area contributed by atoms with E-state index in [9.17, 15) is 23.5 Å². The lowest BCUT2D eigenvalue weighted by atomic mass is 9.71. The van der Waals surface area contributed by atoms with Crippen LogP contribution in [0.2, 0.25) is 5.02 Å². The molecule has 4 rings (SSSR count). The van der Waals surface area contributed by atoms with Gasteiger partial charge in [0.15, 0.2) is 5.78 Å². The molecule has 0 spiro atoms. The van der Waals surface area contributed by atoms with E-state index in [4.69, 9.17) is 21.1 Å². The van der Waals surface area contributed by atoms with Crippen molar-refractivity contribution < 1.29 is 33.0 Å². The zero-order valence-corrected chi connectivity index (χ0v) is 22.1. The summed E-state index contributed by atoms with van der Waals surface area (Å²) in [4.78, 5) is 26.0. The van der Waals surface area contributed by atoms with E-state index in [1.807, 2.05) is 0 Å². The van der Waals surface area contributed by atoms with Gasteiger partial charge in [-0.1, -0.05) is 43.7 Å². The number of amides is 1. The van der Waals surface area contributed by atoms with Crippen molar-refractivity contribution in [3.8, 4) is 5.75 Å². The van der Waals surface area contributed by atoms with E-state index < -0.39 is 46.9 Å². The minimum Gasteiger partial charge on any atom is -0.500 e. The fraction of sp³-hybridized carbons (Fsp3) is 0.379. The fourth-order valence-electron chi connectivity index (χ4n) is 5.33. The van der Waals surface area contributed by atoms with Gasteiger partial charge in [0.25, 0.3) is 0 Å². The van der Waals surface area contributed by atoms with Gasteiger partial charge in [-0.3, -0.25) is 9.59 Å². The third-order valence-electron chi connectivity index (χ3n) is 7.05. The number of aliphatic hydroxyl groups is 1. The standard InChI is InChI=1S/C29H30ClF2NO5/c1-28(2,21-11-18(31)8-10-25(21)37-3)16-29(36,12-19-22(30)5-4-6-23(19)32)13-26(34)33-24-9-7-17-14-38-15-20(17)27(24)35/h4-11,14,20,24,36H,12-13,15-16H2,1-3H3,(H,33,34). The van der Waals surface area contributed by atoms with Crippen molar-refractivity contribution in [3.63, 3.8) is 0 Å². The minimum atomic E-state index is -1.82. The Labute approximate surface area is 225 Å². The monoisotopic (exact) mass is 545 g/mol. The van der Waals surface area contributed by atoms with Gasteiger partial charge in [-0.2, -0.15) is 0 Å². The van der Waals surface area contributed by atoms with Gasteiger partial charge >= 0.3 is 0 Å². The van der Waals surface area contributed by atoms with Crippen molar-refractivity contribution in [1.82, 2.24) is 5.32 Å². The van der Waals surface area contributed by atoms with Gasteiger partial charge in [-0.05, 0) is 42.2 Å². The summed E-state index contributed by atoms with van der Waals surface area (Å²) in [5.74, 6) is -1.97. The summed E-state index contributed by atoms with van der Waals surface area (Å²) < 4.78 is 39.6. The number of ketones is 1. The Morgan fingerprint density at radius 2 is 2.03 bits per heavy atom. The number of methoxy groups -OCH3 is 1. The van der Waals surface area contributed by atoms with Crippen LogP contribution in [0.3, 0.4) is 0 Å². The number of carbonyl (C=O) groups excluding carboxylic acids is 2. The van der Waals surface area contributed by atoms with Crippen LogP contribution in [-0.4, -0.2) is 42.2 Å². The van der Waals surface area contributed by atoms with Gasteiger partial charge in [0.1, 0.15) is 30.0 Å². The van der Waals surface area contributed by atoms with Crippen LogP contribution in [0.5, 0.6) is 5.75 Å². The first-order valence-electron chi connectivity index (χ1n) is 12.2. The molecule has 38 heavy (non-hydrogen) atoms. The van der Waals surface area contributed by atoms with Crippen LogP contribution in [0, 0.1) is 17.6 Å². The van der Waals surface area contributed by atoms with Crippen LogP contribution in [0.1, 0.15) is 37.8 Å². The number of carbonyl (C=O) groups is 2. The highest BCUT2D eigenvalue weighted by Gasteiger charge is 2.41. The molecule has 202 valence electrons. The predicted octanol–water partition coefficient (Wildman–Crippen LogP) is 4.81. The Balaban J connectivity index is 1.62. The SMILES string of the molecule is COc1ccc(F)cc1C(C)(C)CC(O)(CC(=O)NC1C=CC2=COCC2C1=O)Cc1c(F)cccc1Cl. The molecule has 2 aliphatic rings. The highest BCUT2D eigenvalue weighted by Crippen LogP contribution is 2.41. The smallest absolute Gasteiger partial charge is 0.223 e. The Hall–Kier alpha value is -3.23. The number of fused-ring (bicyclic) bond motifs is 1. The molecule has 0 bridgehead atoms. The Morgan fingerprint density at radius 1 is 1.26 bits per heavy atom. The summed E-state index contributed by atoms with van der Waals surface area (Å²) in [6, 6.07) is 7.36. The largest absolute Gasteiger partial charge is 0.500 e. The van der Waals surface area contributed by atoms with Gasteiger partial charge in [0, 0.05) is 28.1 Å². The Morgan fingerprint density at radius 3 is 2.74 bits per heavy atom. The number of ether oxygens (including phenoxy) is 2. The summed E-state index contributed by atoms with van der Waals surface area (Å²) >= 11 is 6.26. The number of rotatable bonds is 9. The second-order valence-corrected chi connectivity index (χ2v) is 10.9. The molecule has 2 N–H and O–H groups in total. The molecular formula is C29H30ClF2NO5. The summed E-state index contributed by atoms with van der Waals surface area (Å²) in [5, 5.41) is 14.7. The van der Waals surface area contributed by atoms with Crippen molar-refractivity contribution in [2.24, 2.45) is 5.92 Å². The summed E-state index contributed by atoms with van der Waals surface area (Å²) in [7, 11) is 1.45. The van der Waals surface area contributed by atoms with Crippen molar-refractivity contribution in [2.45, 2.75) is 50.2 Å². The number of allylic oxidation sites excluding steroid dienone is 1. The third kappa shape index (κ3) is 5.92. The molecule has 6 nitrogen and oxygen atoms in total. The van der Waals surface area contributed by atoms with Crippen LogP contribution in [-0.2, 0) is 26.2 Å². The van der Waals surface area contributed by atoms with E-state index in [-0.39, 0.29) is 35.8 Å². The first kappa shape index (κ1) is 27.8. The molecule has 1 aliphatic carbocycles. The van der Waals surface area contributed by atoms with E-state index in [1.165, 1.54) is 49.8 Å². The maximum Gasteiger partial charge on any atom is 0.223 e. The molecule has 2 aromatic carbocycles. The number of benzene rings is 2. The molecular weight excluding hydrogens is 516 g/mol. The lowest BCUT2D eigenvalue weighted by Gasteiger charge is -2.37. The highest BCUT2D eigenvalue weighted by molar-refractivity contribution is 6.31. The normalized spacial score (nSPS) is 20.3. The Kier molecular flexibility index (Phi) is 7.95. The zero-order valence-electron chi connectivity index (χ0n) is 21.4.